The van der Waals surface area contributed by atoms with Gasteiger partial charge in [-0.15, -0.1) is 0 Å². The highest BCUT2D eigenvalue weighted by Gasteiger charge is 2.36. The second-order valence-corrected chi connectivity index (χ2v) is 4.67. The van der Waals surface area contributed by atoms with Gasteiger partial charge < -0.3 is 10.6 Å². The smallest absolute Gasteiger partial charge is 0.234 e. The first-order valence-corrected chi connectivity index (χ1v) is 5.60. The molecule has 82 valence electrons. The molecular formula is C11H22N2O. The third-order valence-corrected chi connectivity index (χ3v) is 2.80. The summed E-state index contributed by atoms with van der Waals surface area (Å²) in [6.07, 6.45) is 4.57. The molecule has 1 unspecified atom stereocenters. The molecule has 1 aliphatic carbocycles. The van der Waals surface area contributed by atoms with Gasteiger partial charge in [0.15, 0.2) is 0 Å². The Morgan fingerprint density at radius 3 is 2.64 bits per heavy atom. The molecule has 14 heavy (non-hydrogen) atoms. The van der Waals surface area contributed by atoms with Crippen molar-refractivity contribution in [3.05, 3.63) is 0 Å². The van der Waals surface area contributed by atoms with E-state index in [4.69, 9.17) is 0 Å². The summed E-state index contributed by atoms with van der Waals surface area (Å²) in [5, 5.41) is 6.25. The monoisotopic (exact) mass is 198 g/mol. The van der Waals surface area contributed by atoms with E-state index in [0.717, 1.165) is 12.8 Å². The van der Waals surface area contributed by atoms with Crippen LogP contribution in [-0.4, -0.2) is 24.0 Å². The predicted molar refractivity (Wildman–Crippen MR) is 58.2 cm³/mol. The predicted octanol–water partition coefficient (Wildman–Crippen LogP) is 1.43. The summed E-state index contributed by atoms with van der Waals surface area (Å²) in [5.41, 5.74) is 0.255. The van der Waals surface area contributed by atoms with Gasteiger partial charge in [-0.25, -0.2) is 0 Å². The Kier molecular flexibility index (Phi) is 3.93. The molecule has 1 rings (SSSR count). The van der Waals surface area contributed by atoms with Crippen molar-refractivity contribution in [2.75, 3.05) is 6.54 Å². The molecule has 0 saturated heterocycles. The Bertz CT molecular complexity index is 199. The molecule has 1 atom stereocenters. The van der Waals surface area contributed by atoms with Gasteiger partial charge in [0.2, 0.25) is 5.91 Å². The van der Waals surface area contributed by atoms with Crippen molar-refractivity contribution in [2.24, 2.45) is 0 Å². The van der Waals surface area contributed by atoms with Crippen LogP contribution in [0.1, 0.15) is 46.5 Å². The molecule has 1 saturated carbocycles. The van der Waals surface area contributed by atoms with Gasteiger partial charge in [0, 0.05) is 11.6 Å². The first-order chi connectivity index (χ1) is 6.56. The summed E-state index contributed by atoms with van der Waals surface area (Å²) >= 11 is 0. The number of hydrogen-bond acceptors (Lipinski definition) is 2. The molecule has 0 aromatic carbocycles. The minimum absolute atomic E-state index is 0.124. The van der Waals surface area contributed by atoms with Crippen molar-refractivity contribution < 1.29 is 4.79 Å². The largest absolute Gasteiger partial charge is 0.353 e. The summed E-state index contributed by atoms with van der Waals surface area (Å²) in [4.78, 5) is 11.4. The van der Waals surface area contributed by atoms with Crippen LogP contribution in [0.3, 0.4) is 0 Å². The van der Waals surface area contributed by atoms with Crippen molar-refractivity contribution in [3.8, 4) is 0 Å². The van der Waals surface area contributed by atoms with Gasteiger partial charge in [0.05, 0.1) is 6.54 Å². The van der Waals surface area contributed by atoms with Crippen molar-refractivity contribution >= 4 is 5.91 Å². The van der Waals surface area contributed by atoms with E-state index in [-0.39, 0.29) is 11.4 Å². The zero-order valence-corrected chi connectivity index (χ0v) is 9.52. The molecule has 0 aliphatic heterocycles. The van der Waals surface area contributed by atoms with Crippen LogP contribution in [0, 0.1) is 0 Å². The van der Waals surface area contributed by atoms with Crippen LogP contribution in [0.5, 0.6) is 0 Å². The number of hydrogen-bond donors (Lipinski definition) is 2. The van der Waals surface area contributed by atoms with Gasteiger partial charge in [0.25, 0.3) is 0 Å². The van der Waals surface area contributed by atoms with Crippen LogP contribution < -0.4 is 10.6 Å². The lowest BCUT2D eigenvalue weighted by Crippen LogP contribution is -2.42. The van der Waals surface area contributed by atoms with E-state index >= 15 is 0 Å². The van der Waals surface area contributed by atoms with Gasteiger partial charge in [-0.3, -0.25) is 4.79 Å². The maximum atomic E-state index is 11.4. The minimum Gasteiger partial charge on any atom is -0.353 e. The van der Waals surface area contributed by atoms with Gasteiger partial charge in [-0.1, -0.05) is 13.3 Å². The van der Waals surface area contributed by atoms with Crippen LogP contribution in [-0.2, 0) is 4.79 Å². The van der Waals surface area contributed by atoms with Crippen LogP contribution >= 0.6 is 0 Å². The zero-order chi connectivity index (χ0) is 10.6. The van der Waals surface area contributed by atoms with Crippen molar-refractivity contribution in [1.29, 1.82) is 0 Å². The Labute approximate surface area is 86.6 Å². The number of carbonyl (C=O) groups is 1. The molecule has 1 amide bonds. The maximum Gasteiger partial charge on any atom is 0.234 e. The number of amides is 1. The fourth-order valence-corrected chi connectivity index (χ4v) is 1.49. The molecule has 0 aromatic heterocycles. The molecule has 2 N–H and O–H groups in total. The minimum atomic E-state index is 0.124. The average molecular weight is 198 g/mol. The quantitative estimate of drug-likeness (QED) is 0.678. The molecule has 0 aromatic rings. The molecule has 3 nitrogen and oxygen atoms in total. The standard InChI is InChI=1S/C11H22N2O/c1-4-5-9(2)13-10(14)8-12-11(3)6-7-11/h9,12H,4-8H2,1-3H3,(H,13,14). The van der Waals surface area contributed by atoms with Crippen molar-refractivity contribution in [2.45, 2.75) is 58.0 Å². The summed E-state index contributed by atoms with van der Waals surface area (Å²) in [6, 6.07) is 0.307. The van der Waals surface area contributed by atoms with Gasteiger partial charge in [-0.2, -0.15) is 0 Å². The van der Waals surface area contributed by atoms with E-state index in [1.807, 2.05) is 0 Å². The first-order valence-electron chi connectivity index (χ1n) is 5.60. The molecule has 0 heterocycles. The number of carbonyl (C=O) groups excluding carboxylic acids is 1. The SMILES string of the molecule is CCCC(C)NC(=O)CNC1(C)CC1. The van der Waals surface area contributed by atoms with Crippen molar-refractivity contribution in [3.63, 3.8) is 0 Å². The highest BCUT2D eigenvalue weighted by molar-refractivity contribution is 5.78. The molecular weight excluding hydrogens is 176 g/mol. The maximum absolute atomic E-state index is 11.4. The van der Waals surface area contributed by atoms with E-state index in [0.29, 0.717) is 12.6 Å². The number of rotatable bonds is 6. The second kappa shape index (κ2) is 4.78. The van der Waals surface area contributed by atoms with Gasteiger partial charge in [-0.05, 0) is 33.1 Å². The zero-order valence-electron chi connectivity index (χ0n) is 9.52. The molecule has 1 aliphatic rings. The van der Waals surface area contributed by atoms with Gasteiger partial charge >= 0.3 is 0 Å². The average Bonchev–Trinajstić information content (AvgIpc) is 2.82. The molecule has 0 radical (unpaired) electrons. The van der Waals surface area contributed by atoms with E-state index in [1.54, 1.807) is 0 Å². The van der Waals surface area contributed by atoms with Crippen LogP contribution in [0.15, 0.2) is 0 Å². The Balaban J connectivity index is 2.09. The van der Waals surface area contributed by atoms with E-state index in [9.17, 15) is 4.79 Å². The Morgan fingerprint density at radius 1 is 1.50 bits per heavy atom. The highest BCUT2D eigenvalue weighted by atomic mass is 16.1. The Hall–Kier alpha value is -0.570. The third kappa shape index (κ3) is 4.09. The van der Waals surface area contributed by atoms with E-state index < -0.39 is 0 Å². The van der Waals surface area contributed by atoms with Crippen LogP contribution in [0.2, 0.25) is 0 Å². The summed E-state index contributed by atoms with van der Waals surface area (Å²) in [6.45, 7) is 6.81. The highest BCUT2D eigenvalue weighted by Crippen LogP contribution is 2.33. The summed E-state index contributed by atoms with van der Waals surface area (Å²) < 4.78 is 0. The van der Waals surface area contributed by atoms with Crippen molar-refractivity contribution in [1.82, 2.24) is 10.6 Å². The third-order valence-electron chi connectivity index (χ3n) is 2.80. The van der Waals surface area contributed by atoms with Crippen LogP contribution in [0.25, 0.3) is 0 Å². The normalized spacial score (nSPS) is 20.2. The number of nitrogens with one attached hydrogen (secondary N) is 2. The first kappa shape index (κ1) is 11.5. The molecule has 0 spiro atoms. The Morgan fingerprint density at radius 2 is 2.14 bits per heavy atom. The molecule has 3 heteroatoms. The summed E-state index contributed by atoms with van der Waals surface area (Å²) in [7, 11) is 0. The lowest BCUT2D eigenvalue weighted by Gasteiger charge is -2.15. The molecule has 0 bridgehead atoms. The fourth-order valence-electron chi connectivity index (χ4n) is 1.49. The van der Waals surface area contributed by atoms with Gasteiger partial charge in [0.1, 0.15) is 0 Å². The molecule has 1 fully saturated rings. The van der Waals surface area contributed by atoms with Crippen LogP contribution in [0.4, 0.5) is 0 Å². The lowest BCUT2D eigenvalue weighted by molar-refractivity contribution is -0.121. The summed E-state index contributed by atoms with van der Waals surface area (Å²) in [5.74, 6) is 0.124. The van der Waals surface area contributed by atoms with E-state index in [1.165, 1.54) is 12.8 Å². The fraction of sp³-hybridized carbons (Fsp3) is 0.909. The lowest BCUT2D eigenvalue weighted by atomic mass is 10.2. The second-order valence-electron chi connectivity index (χ2n) is 4.67. The topological polar surface area (TPSA) is 41.1 Å². The van der Waals surface area contributed by atoms with E-state index in [2.05, 4.69) is 31.4 Å².